The van der Waals surface area contributed by atoms with Crippen LogP contribution in [0.15, 0.2) is 18.3 Å². The molecule has 1 fully saturated rings. The summed E-state index contributed by atoms with van der Waals surface area (Å²) < 4.78 is 0. The molecule has 0 aliphatic carbocycles. The molecule has 0 saturated carbocycles. The highest BCUT2D eigenvalue weighted by atomic mass is 15.2. The lowest BCUT2D eigenvalue weighted by Crippen LogP contribution is -2.37. The summed E-state index contributed by atoms with van der Waals surface area (Å²) in [6.45, 7) is 5.48. The largest absolute Gasteiger partial charge is 0.357 e. The fourth-order valence-electron chi connectivity index (χ4n) is 2.96. The van der Waals surface area contributed by atoms with Gasteiger partial charge in [-0.05, 0) is 57.8 Å². The van der Waals surface area contributed by atoms with Crippen LogP contribution in [-0.4, -0.2) is 49.7 Å². The van der Waals surface area contributed by atoms with E-state index in [-0.39, 0.29) is 6.04 Å². The van der Waals surface area contributed by atoms with Crippen LogP contribution in [0.3, 0.4) is 0 Å². The van der Waals surface area contributed by atoms with E-state index in [0.717, 1.165) is 31.2 Å². The molecule has 2 N–H and O–H groups in total. The predicted molar refractivity (Wildman–Crippen MR) is 85.1 cm³/mol. The number of rotatable bonds is 5. The normalized spacial score (nSPS) is 18.6. The fourth-order valence-corrected chi connectivity index (χ4v) is 2.96. The molecule has 0 aromatic carbocycles. The first kappa shape index (κ1) is 15.3. The Bertz CT molecular complexity index is 391. The second-order valence-corrected chi connectivity index (χ2v) is 6.40. The topological polar surface area (TPSA) is 45.4 Å². The van der Waals surface area contributed by atoms with Crippen molar-refractivity contribution in [3.63, 3.8) is 0 Å². The highest BCUT2D eigenvalue weighted by Crippen LogP contribution is 2.22. The van der Waals surface area contributed by atoms with Crippen molar-refractivity contribution >= 4 is 5.82 Å². The van der Waals surface area contributed by atoms with Gasteiger partial charge in [-0.2, -0.15) is 0 Å². The van der Waals surface area contributed by atoms with E-state index in [2.05, 4.69) is 41.0 Å². The Kier molecular flexibility index (Phi) is 5.38. The van der Waals surface area contributed by atoms with Gasteiger partial charge in [0.2, 0.25) is 0 Å². The van der Waals surface area contributed by atoms with Gasteiger partial charge < -0.3 is 15.5 Å². The molecule has 112 valence electrons. The third-order valence-corrected chi connectivity index (χ3v) is 3.93. The summed E-state index contributed by atoms with van der Waals surface area (Å²) in [5.41, 5.74) is 7.05. The second-order valence-electron chi connectivity index (χ2n) is 6.40. The van der Waals surface area contributed by atoms with E-state index < -0.39 is 0 Å². The molecule has 1 aromatic heterocycles. The zero-order chi connectivity index (χ0) is 14.5. The van der Waals surface area contributed by atoms with E-state index in [9.17, 15) is 0 Å². The minimum Gasteiger partial charge on any atom is -0.357 e. The lowest BCUT2D eigenvalue weighted by Gasteiger charge is -2.34. The maximum absolute atomic E-state index is 5.82. The van der Waals surface area contributed by atoms with Gasteiger partial charge in [0.25, 0.3) is 0 Å². The molecule has 1 aromatic rings. The Labute approximate surface area is 123 Å². The van der Waals surface area contributed by atoms with Gasteiger partial charge in [0.1, 0.15) is 5.82 Å². The first-order valence-corrected chi connectivity index (χ1v) is 7.65. The molecule has 0 bridgehead atoms. The number of nitrogens with zero attached hydrogens (tertiary/aromatic N) is 3. The highest BCUT2D eigenvalue weighted by molar-refractivity contribution is 5.39. The van der Waals surface area contributed by atoms with Crippen LogP contribution in [0.2, 0.25) is 0 Å². The van der Waals surface area contributed by atoms with E-state index in [4.69, 9.17) is 5.73 Å². The molecule has 1 saturated heterocycles. The van der Waals surface area contributed by atoms with Crippen LogP contribution in [0.5, 0.6) is 0 Å². The summed E-state index contributed by atoms with van der Waals surface area (Å²) in [6.07, 6.45) is 5.41. The van der Waals surface area contributed by atoms with Gasteiger partial charge in [0, 0.05) is 31.9 Å². The zero-order valence-corrected chi connectivity index (χ0v) is 13.0. The number of nitrogens with two attached hydrogens (primary N) is 1. The molecule has 1 aliphatic rings. The van der Waals surface area contributed by atoms with Gasteiger partial charge in [-0.3, -0.25) is 0 Å². The maximum atomic E-state index is 5.82. The van der Waals surface area contributed by atoms with Gasteiger partial charge in [0.05, 0.1) is 0 Å². The minimum atomic E-state index is 0.199. The number of pyridine rings is 1. The van der Waals surface area contributed by atoms with E-state index in [0.29, 0.717) is 0 Å². The van der Waals surface area contributed by atoms with Crippen molar-refractivity contribution in [1.82, 2.24) is 9.88 Å². The van der Waals surface area contributed by atoms with Gasteiger partial charge >= 0.3 is 0 Å². The molecule has 2 heterocycles. The Hall–Kier alpha value is -1.13. The molecule has 4 nitrogen and oxygen atoms in total. The van der Waals surface area contributed by atoms with E-state index >= 15 is 0 Å². The van der Waals surface area contributed by atoms with E-state index in [1.807, 2.05) is 13.1 Å². The number of anilines is 1. The monoisotopic (exact) mass is 276 g/mol. The first-order chi connectivity index (χ1) is 9.54. The van der Waals surface area contributed by atoms with Crippen LogP contribution >= 0.6 is 0 Å². The Morgan fingerprint density at radius 2 is 2.05 bits per heavy atom. The van der Waals surface area contributed by atoms with Crippen molar-refractivity contribution in [3.8, 4) is 0 Å². The predicted octanol–water partition coefficient (Wildman–Crippen LogP) is 1.75. The lowest BCUT2D eigenvalue weighted by atomic mass is 9.96. The summed E-state index contributed by atoms with van der Waals surface area (Å²) in [5, 5.41) is 0. The molecule has 1 unspecified atom stereocenters. The second kappa shape index (κ2) is 7.04. The highest BCUT2D eigenvalue weighted by Gasteiger charge is 2.20. The van der Waals surface area contributed by atoms with Crippen LogP contribution in [0.4, 0.5) is 5.82 Å². The molecule has 2 rings (SSSR count). The SMILES string of the molecule is CC(N)Cc1ccc(N2CCC(CN(C)C)CC2)nc1. The van der Waals surface area contributed by atoms with Crippen LogP contribution in [-0.2, 0) is 6.42 Å². The van der Waals surface area contributed by atoms with Crippen molar-refractivity contribution < 1.29 is 0 Å². The summed E-state index contributed by atoms with van der Waals surface area (Å²) in [5.74, 6) is 1.94. The summed E-state index contributed by atoms with van der Waals surface area (Å²) >= 11 is 0. The van der Waals surface area contributed by atoms with Crippen molar-refractivity contribution in [2.24, 2.45) is 11.7 Å². The third kappa shape index (κ3) is 4.46. The number of hydrogen-bond acceptors (Lipinski definition) is 4. The quantitative estimate of drug-likeness (QED) is 0.890. The Balaban J connectivity index is 1.87. The molecule has 20 heavy (non-hydrogen) atoms. The van der Waals surface area contributed by atoms with Gasteiger partial charge in [-0.25, -0.2) is 4.98 Å². The molecule has 1 atom stereocenters. The third-order valence-electron chi connectivity index (χ3n) is 3.93. The smallest absolute Gasteiger partial charge is 0.128 e. The molecule has 1 aliphatic heterocycles. The lowest BCUT2D eigenvalue weighted by molar-refractivity contribution is 0.284. The summed E-state index contributed by atoms with van der Waals surface area (Å²) in [4.78, 5) is 9.30. The van der Waals surface area contributed by atoms with E-state index in [1.54, 1.807) is 0 Å². The van der Waals surface area contributed by atoms with Crippen LogP contribution in [0, 0.1) is 5.92 Å². The van der Waals surface area contributed by atoms with Crippen molar-refractivity contribution in [3.05, 3.63) is 23.9 Å². The molecule has 0 radical (unpaired) electrons. The summed E-state index contributed by atoms with van der Waals surface area (Å²) in [6, 6.07) is 4.51. The van der Waals surface area contributed by atoms with Crippen molar-refractivity contribution in [2.75, 3.05) is 38.6 Å². The average Bonchev–Trinajstić information content (AvgIpc) is 2.39. The maximum Gasteiger partial charge on any atom is 0.128 e. The van der Waals surface area contributed by atoms with Gasteiger partial charge in [0.15, 0.2) is 0 Å². The molecular weight excluding hydrogens is 248 g/mol. The Morgan fingerprint density at radius 1 is 1.35 bits per heavy atom. The van der Waals surface area contributed by atoms with Gasteiger partial charge in [-0.1, -0.05) is 6.07 Å². The summed E-state index contributed by atoms with van der Waals surface area (Å²) in [7, 11) is 4.32. The van der Waals surface area contributed by atoms with Crippen LogP contribution in [0.25, 0.3) is 0 Å². The standard InChI is InChI=1S/C16H28N4/c1-13(17)10-15-4-5-16(18-11-15)20-8-6-14(7-9-20)12-19(2)3/h4-5,11,13-14H,6-10,12,17H2,1-3H3. The van der Waals surface area contributed by atoms with Crippen molar-refractivity contribution in [2.45, 2.75) is 32.2 Å². The first-order valence-electron chi connectivity index (χ1n) is 7.65. The molecule has 0 spiro atoms. The minimum absolute atomic E-state index is 0.199. The van der Waals surface area contributed by atoms with Crippen molar-refractivity contribution in [1.29, 1.82) is 0 Å². The number of hydrogen-bond donors (Lipinski definition) is 1. The van der Waals surface area contributed by atoms with Crippen LogP contribution < -0.4 is 10.6 Å². The molecule has 4 heteroatoms. The van der Waals surface area contributed by atoms with Gasteiger partial charge in [-0.15, -0.1) is 0 Å². The number of aromatic nitrogens is 1. The van der Waals surface area contributed by atoms with E-state index in [1.165, 1.54) is 24.9 Å². The molecule has 0 amide bonds. The molecular formula is C16H28N4. The fraction of sp³-hybridized carbons (Fsp3) is 0.688. The average molecular weight is 276 g/mol. The Morgan fingerprint density at radius 3 is 2.55 bits per heavy atom. The van der Waals surface area contributed by atoms with Crippen LogP contribution in [0.1, 0.15) is 25.3 Å². The number of piperidine rings is 1. The zero-order valence-electron chi connectivity index (χ0n) is 13.0.